The molecule has 0 saturated carbocycles. The van der Waals surface area contributed by atoms with E-state index in [9.17, 15) is 4.79 Å². The zero-order valence-electron chi connectivity index (χ0n) is 16.4. The minimum atomic E-state index is -0.585. The Bertz CT molecular complexity index is 778. The van der Waals surface area contributed by atoms with Crippen LogP contribution in [0.3, 0.4) is 0 Å². The van der Waals surface area contributed by atoms with Gasteiger partial charge < -0.3 is 25.1 Å². The molecule has 146 valence electrons. The lowest BCUT2D eigenvalue weighted by molar-refractivity contribution is 0.0972. The first-order chi connectivity index (χ1) is 12.9. The molecule has 0 aliphatic heterocycles. The van der Waals surface area contributed by atoms with E-state index in [1.54, 1.807) is 12.1 Å². The Kier molecular flexibility index (Phi) is 7.28. The van der Waals surface area contributed by atoms with Gasteiger partial charge in [0, 0.05) is 13.6 Å². The second-order valence-corrected chi connectivity index (χ2v) is 6.39. The van der Waals surface area contributed by atoms with Crippen LogP contribution in [0.5, 0.6) is 5.75 Å². The van der Waals surface area contributed by atoms with E-state index in [0.717, 1.165) is 18.3 Å². The first kappa shape index (κ1) is 20.4. The normalized spacial score (nSPS) is 11.3. The molecule has 0 aliphatic rings. The van der Waals surface area contributed by atoms with E-state index in [-0.39, 0.29) is 5.76 Å². The first-order valence-electron chi connectivity index (χ1n) is 8.98. The van der Waals surface area contributed by atoms with Crippen molar-refractivity contribution in [1.29, 1.82) is 0 Å². The summed E-state index contributed by atoms with van der Waals surface area (Å²) in [6.07, 6.45) is 0. The van der Waals surface area contributed by atoms with Gasteiger partial charge in [-0.25, -0.2) is 4.99 Å². The molecule has 7 heteroatoms. The number of carbonyl (C=O) groups is 1. The molecular formula is C20H28N4O3. The number of aliphatic imine (C=N–C) groups is 1. The van der Waals surface area contributed by atoms with Gasteiger partial charge in [-0.05, 0) is 56.2 Å². The van der Waals surface area contributed by atoms with Gasteiger partial charge in [0.25, 0.3) is 5.91 Å². The average molecular weight is 372 g/mol. The van der Waals surface area contributed by atoms with Gasteiger partial charge in [-0.1, -0.05) is 6.07 Å². The van der Waals surface area contributed by atoms with Gasteiger partial charge >= 0.3 is 0 Å². The Labute approximate surface area is 160 Å². The number of primary amides is 1. The van der Waals surface area contributed by atoms with E-state index in [0.29, 0.717) is 25.5 Å². The van der Waals surface area contributed by atoms with Crippen LogP contribution in [-0.4, -0.2) is 43.5 Å². The Balaban J connectivity index is 1.92. The van der Waals surface area contributed by atoms with Crippen molar-refractivity contribution in [2.45, 2.75) is 27.3 Å². The van der Waals surface area contributed by atoms with Crippen LogP contribution in [0.2, 0.25) is 0 Å². The molecule has 1 amide bonds. The number of ether oxygens (including phenoxy) is 1. The van der Waals surface area contributed by atoms with Crippen molar-refractivity contribution in [2.75, 3.05) is 26.7 Å². The highest BCUT2D eigenvalue weighted by atomic mass is 16.5. The second-order valence-electron chi connectivity index (χ2n) is 6.39. The number of likely N-dealkylation sites (N-methyl/N-ethyl adjacent to an activating group) is 1. The van der Waals surface area contributed by atoms with Crippen molar-refractivity contribution in [3.63, 3.8) is 0 Å². The van der Waals surface area contributed by atoms with Crippen LogP contribution in [0, 0.1) is 13.8 Å². The Morgan fingerprint density at radius 1 is 1.26 bits per heavy atom. The fourth-order valence-corrected chi connectivity index (χ4v) is 2.64. The van der Waals surface area contributed by atoms with E-state index >= 15 is 0 Å². The molecule has 0 unspecified atom stereocenters. The summed E-state index contributed by atoms with van der Waals surface area (Å²) in [7, 11) is 1.95. The number of nitrogens with two attached hydrogens (primary N) is 1. The summed E-state index contributed by atoms with van der Waals surface area (Å²) in [5, 5.41) is 3.24. The van der Waals surface area contributed by atoms with Gasteiger partial charge in [0.1, 0.15) is 24.7 Å². The van der Waals surface area contributed by atoms with Crippen LogP contribution < -0.4 is 15.8 Å². The summed E-state index contributed by atoms with van der Waals surface area (Å²) in [5.74, 6) is 1.74. The maximum Gasteiger partial charge on any atom is 0.284 e. The predicted molar refractivity (Wildman–Crippen MR) is 106 cm³/mol. The second kappa shape index (κ2) is 9.66. The number of benzene rings is 1. The number of furan rings is 1. The van der Waals surface area contributed by atoms with E-state index in [4.69, 9.17) is 14.9 Å². The Hall–Kier alpha value is -2.96. The molecule has 0 fully saturated rings. The van der Waals surface area contributed by atoms with Crippen LogP contribution in [-0.2, 0) is 6.54 Å². The van der Waals surface area contributed by atoms with Crippen LogP contribution in [0.15, 0.2) is 39.7 Å². The molecule has 2 rings (SSSR count). The fourth-order valence-electron chi connectivity index (χ4n) is 2.64. The van der Waals surface area contributed by atoms with E-state index in [1.165, 1.54) is 11.1 Å². The molecule has 1 heterocycles. The standard InChI is InChI=1S/C20H28N4O3/c1-5-22-20(23-13-16-6-7-18(27-16)19(21)25)24(4)8-9-26-17-11-14(2)10-15(3)12-17/h6-7,10-12H,5,8-9,13H2,1-4H3,(H2,21,25)(H,22,23). The smallest absolute Gasteiger partial charge is 0.284 e. The molecule has 0 atom stereocenters. The maximum absolute atomic E-state index is 11.1. The lowest BCUT2D eigenvalue weighted by Gasteiger charge is -2.22. The Morgan fingerprint density at radius 2 is 1.96 bits per heavy atom. The van der Waals surface area contributed by atoms with Gasteiger partial charge in [0.15, 0.2) is 11.7 Å². The van der Waals surface area contributed by atoms with Crippen molar-refractivity contribution in [1.82, 2.24) is 10.2 Å². The zero-order valence-corrected chi connectivity index (χ0v) is 16.4. The first-order valence-corrected chi connectivity index (χ1v) is 8.98. The number of aryl methyl sites for hydroxylation is 2. The van der Waals surface area contributed by atoms with Crippen molar-refractivity contribution in [3.05, 3.63) is 53.0 Å². The number of hydrogen-bond acceptors (Lipinski definition) is 4. The lowest BCUT2D eigenvalue weighted by Crippen LogP contribution is -2.40. The van der Waals surface area contributed by atoms with E-state index < -0.39 is 5.91 Å². The predicted octanol–water partition coefficient (Wildman–Crippen LogP) is 2.47. The van der Waals surface area contributed by atoms with Crippen molar-refractivity contribution in [2.24, 2.45) is 10.7 Å². The third-order valence-corrected chi connectivity index (χ3v) is 3.88. The minimum Gasteiger partial charge on any atom is -0.492 e. The summed E-state index contributed by atoms with van der Waals surface area (Å²) < 4.78 is 11.2. The molecule has 27 heavy (non-hydrogen) atoms. The third-order valence-electron chi connectivity index (χ3n) is 3.88. The van der Waals surface area contributed by atoms with Crippen LogP contribution in [0.25, 0.3) is 0 Å². The van der Waals surface area contributed by atoms with E-state index in [2.05, 4.69) is 30.2 Å². The number of amides is 1. The topological polar surface area (TPSA) is 93.1 Å². The zero-order chi connectivity index (χ0) is 19.8. The van der Waals surface area contributed by atoms with Crippen molar-refractivity contribution in [3.8, 4) is 5.75 Å². The van der Waals surface area contributed by atoms with Gasteiger partial charge in [-0.2, -0.15) is 0 Å². The van der Waals surface area contributed by atoms with Gasteiger partial charge in [0.2, 0.25) is 0 Å². The van der Waals surface area contributed by atoms with Crippen molar-refractivity contribution >= 4 is 11.9 Å². The SMILES string of the molecule is CCNC(=NCc1ccc(C(N)=O)o1)N(C)CCOc1cc(C)cc(C)c1. The molecule has 1 aromatic heterocycles. The maximum atomic E-state index is 11.1. The fraction of sp³-hybridized carbons (Fsp3) is 0.400. The lowest BCUT2D eigenvalue weighted by atomic mass is 10.1. The summed E-state index contributed by atoms with van der Waals surface area (Å²) in [4.78, 5) is 17.6. The number of guanidine groups is 1. The number of nitrogens with zero attached hydrogens (tertiary/aromatic N) is 2. The highest BCUT2D eigenvalue weighted by Gasteiger charge is 2.09. The minimum absolute atomic E-state index is 0.139. The molecule has 0 spiro atoms. The van der Waals surface area contributed by atoms with Crippen LogP contribution >= 0.6 is 0 Å². The van der Waals surface area contributed by atoms with Gasteiger partial charge in [-0.3, -0.25) is 4.79 Å². The van der Waals surface area contributed by atoms with Gasteiger partial charge in [0.05, 0.1) is 6.54 Å². The number of nitrogens with one attached hydrogen (secondary N) is 1. The quantitative estimate of drug-likeness (QED) is 0.548. The molecule has 0 saturated heterocycles. The summed E-state index contributed by atoms with van der Waals surface area (Å²) in [6, 6.07) is 9.43. The van der Waals surface area contributed by atoms with E-state index in [1.807, 2.05) is 31.0 Å². The molecule has 0 radical (unpaired) electrons. The molecular weight excluding hydrogens is 344 g/mol. The third kappa shape index (κ3) is 6.36. The average Bonchev–Trinajstić information content (AvgIpc) is 3.07. The molecule has 0 aliphatic carbocycles. The van der Waals surface area contributed by atoms with Crippen LogP contribution in [0.4, 0.5) is 0 Å². The summed E-state index contributed by atoms with van der Waals surface area (Å²) >= 11 is 0. The molecule has 0 bridgehead atoms. The highest BCUT2D eigenvalue weighted by Crippen LogP contribution is 2.16. The number of hydrogen-bond donors (Lipinski definition) is 2. The van der Waals surface area contributed by atoms with Crippen molar-refractivity contribution < 1.29 is 13.9 Å². The van der Waals surface area contributed by atoms with Gasteiger partial charge in [-0.15, -0.1) is 0 Å². The monoisotopic (exact) mass is 372 g/mol. The summed E-state index contributed by atoms with van der Waals surface area (Å²) in [6.45, 7) is 8.39. The largest absolute Gasteiger partial charge is 0.492 e. The molecule has 2 aromatic rings. The molecule has 7 nitrogen and oxygen atoms in total. The molecule has 3 N–H and O–H groups in total. The summed E-state index contributed by atoms with van der Waals surface area (Å²) in [5.41, 5.74) is 7.56. The number of carbonyl (C=O) groups excluding carboxylic acids is 1. The number of rotatable bonds is 8. The van der Waals surface area contributed by atoms with Crippen LogP contribution in [0.1, 0.15) is 34.4 Å². The highest BCUT2D eigenvalue weighted by molar-refractivity contribution is 5.89. The molecule has 1 aromatic carbocycles. The Morgan fingerprint density at radius 3 is 2.56 bits per heavy atom.